The lowest BCUT2D eigenvalue weighted by Gasteiger charge is -2.48. The van der Waals surface area contributed by atoms with Crippen molar-refractivity contribution in [2.24, 2.45) is 5.92 Å². The lowest BCUT2D eigenvalue weighted by Crippen LogP contribution is -2.60. The van der Waals surface area contributed by atoms with Crippen LogP contribution in [0.1, 0.15) is 33.1 Å². The molecule has 0 amide bonds. The number of aromatic nitrogens is 4. The third-order valence-corrected chi connectivity index (χ3v) is 5.92. The molecule has 136 valence electrons. The summed E-state index contributed by atoms with van der Waals surface area (Å²) in [6, 6.07) is 0. The van der Waals surface area contributed by atoms with Gasteiger partial charge in [-0.15, -0.1) is 5.73 Å². The van der Waals surface area contributed by atoms with Crippen molar-refractivity contribution in [1.29, 1.82) is 0 Å². The molecule has 3 fully saturated rings. The van der Waals surface area contributed by atoms with Gasteiger partial charge in [0, 0.05) is 5.70 Å². The minimum absolute atomic E-state index is 0.834. The second kappa shape index (κ2) is 7.06. The van der Waals surface area contributed by atoms with Crippen LogP contribution in [0.2, 0.25) is 0 Å². The molecule has 3 saturated heterocycles. The van der Waals surface area contributed by atoms with E-state index >= 15 is 0 Å². The summed E-state index contributed by atoms with van der Waals surface area (Å²) in [5, 5.41) is 3.58. The molecule has 0 saturated carbocycles. The first-order chi connectivity index (χ1) is 12.7. The maximum Gasteiger partial charge on any atom is 0.169 e. The summed E-state index contributed by atoms with van der Waals surface area (Å²) in [5.74, 6) is 1.81. The molecule has 3 aliphatic rings. The van der Waals surface area contributed by atoms with Gasteiger partial charge < -0.3 is 9.80 Å². The quantitative estimate of drug-likeness (QED) is 0.509. The summed E-state index contributed by atoms with van der Waals surface area (Å²) in [5.41, 5.74) is 5.78. The molecule has 2 aromatic heterocycles. The van der Waals surface area contributed by atoms with E-state index in [9.17, 15) is 0 Å². The number of rotatable bonds is 5. The molecule has 0 unspecified atom stereocenters. The first-order valence-electron chi connectivity index (χ1n) is 9.52. The molecule has 2 bridgehead atoms. The van der Waals surface area contributed by atoms with Gasteiger partial charge in [-0.1, -0.05) is 0 Å². The molecule has 0 spiro atoms. The summed E-state index contributed by atoms with van der Waals surface area (Å²) in [6.45, 7) is 8.80. The monoisotopic (exact) mass is 351 g/mol. The SMILES string of the molecule is CC=C=C/C=C(/C)n1cnc2c(NC[N+]34CCC(CC3)CC4)ncnc21. The summed E-state index contributed by atoms with van der Waals surface area (Å²) in [4.78, 5) is 13.5. The van der Waals surface area contributed by atoms with Gasteiger partial charge in [0.05, 0.1) is 19.6 Å². The lowest BCUT2D eigenvalue weighted by molar-refractivity contribution is -0.939. The predicted octanol–water partition coefficient (Wildman–Crippen LogP) is 3.42. The topological polar surface area (TPSA) is 55.6 Å². The summed E-state index contributed by atoms with van der Waals surface area (Å²) in [7, 11) is 0. The first-order valence-corrected chi connectivity index (χ1v) is 9.52. The zero-order chi connectivity index (χ0) is 18.0. The Hall–Kier alpha value is -2.43. The normalized spacial score (nSPS) is 25.2. The summed E-state index contributed by atoms with van der Waals surface area (Å²) < 4.78 is 3.17. The fraction of sp³-hybridized carbons (Fsp3) is 0.500. The molecular formula is C20H27N6+. The highest BCUT2D eigenvalue weighted by atomic mass is 15.4. The fourth-order valence-corrected chi connectivity index (χ4v) is 4.19. The van der Waals surface area contributed by atoms with Gasteiger partial charge in [-0.2, -0.15) is 0 Å². The van der Waals surface area contributed by atoms with Gasteiger partial charge in [0.1, 0.15) is 12.7 Å². The molecule has 26 heavy (non-hydrogen) atoms. The Labute approximate surface area is 154 Å². The van der Waals surface area contributed by atoms with Gasteiger partial charge in [-0.05, 0) is 57.3 Å². The standard InChI is InChI=1S/C20H27N6/c1-3-4-5-6-16(2)25-14-23-18-19(21-13-22-20(18)25)24-15-26-10-7-17(8-11-26)9-12-26/h3,5-6,13-14,17H,7-12,15H2,1-2H3,(H,21,22,24)/q+1/b16-6-. The molecule has 0 aromatic carbocycles. The fourth-order valence-electron chi connectivity index (χ4n) is 4.19. The highest BCUT2D eigenvalue weighted by Gasteiger charge is 2.39. The van der Waals surface area contributed by atoms with Crippen molar-refractivity contribution in [1.82, 2.24) is 19.5 Å². The second-order valence-corrected chi connectivity index (χ2v) is 7.52. The van der Waals surface area contributed by atoms with Crippen LogP contribution in [0.5, 0.6) is 0 Å². The van der Waals surface area contributed by atoms with Gasteiger partial charge in [-0.3, -0.25) is 4.57 Å². The Morgan fingerprint density at radius 3 is 2.77 bits per heavy atom. The van der Waals surface area contributed by atoms with Crippen molar-refractivity contribution in [2.45, 2.75) is 33.1 Å². The molecule has 5 rings (SSSR count). The Balaban J connectivity index is 1.57. The Morgan fingerprint density at radius 2 is 2.04 bits per heavy atom. The molecule has 5 heterocycles. The van der Waals surface area contributed by atoms with Crippen LogP contribution in [0.25, 0.3) is 16.9 Å². The van der Waals surface area contributed by atoms with E-state index in [2.05, 4.69) is 26.0 Å². The van der Waals surface area contributed by atoms with Crippen molar-refractivity contribution >= 4 is 22.7 Å². The number of fused-ring (bicyclic) bond motifs is 4. The van der Waals surface area contributed by atoms with Crippen LogP contribution < -0.4 is 5.32 Å². The molecule has 2 aromatic rings. The average molecular weight is 351 g/mol. The van der Waals surface area contributed by atoms with E-state index in [1.54, 1.807) is 6.33 Å². The van der Waals surface area contributed by atoms with Crippen LogP contribution in [0.3, 0.4) is 0 Å². The van der Waals surface area contributed by atoms with Crippen molar-refractivity contribution in [3.63, 3.8) is 0 Å². The number of nitrogens with one attached hydrogen (secondary N) is 1. The van der Waals surface area contributed by atoms with Crippen LogP contribution in [-0.4, -0.2) is 50.3 Å². The van der Waals surface area contributed by atoms with Gasteiger partial charge >= 0.3 is 0 Å². The summed E-state index contributed by atoms with van der Waals surface area (Å²) in [6.07, 6.45) is 13.4. The molecule has 0 radical (unpaired) electrons. The minimum Gasteiger partial charge on any atom is -0.322 e. The third-order valence-electron chi connectivity index (χ3n) is 5.92. The Bertz CT molecular complexity index is 865. The molecule has 0 aliphatic carbocycles. The van der Waals surface area contributed by atoms with Crippen LogP contribution in [0.15, 0.2) is 36.6 Å². The van der Waals surface area contributed by atoms with Crippen molar-refractivity contribution < 1.29 is 4.48 Å². The van der Waals surface area contributed by atoms with Crippen LogP contribution in [-0.2, 0) is 0 Å². The Morgan fingerprint density at radius 1 is 1.27 bits per heavy atom. The molecule has 3 aliphatic heterocycles. The van der Waals surface area contributed by atoms with Crippen molar-refractivity contribution in [3.05, 3.63) is 36.6 Å². The number of piperidine rings is 3. The molecule has 6 nitrogen and oxygen atoms in total. The zero-order valence-electron chi connectivity index (χ0n) is 15.6. The van der Waals surface area contributed by atoms with E-state index < -0.39 is 0 Å². The lowest BCUT2D eigenvalue weighted by atomic mass is 9.86. The van der Waals surface area contributed by atoms with E-state index in [1.165, 1.54) is 43.4 Å². The maximum absolute atomic E-state index is 4.58. The van der Waals surface area contributed by atoms with E-state index in [0.717, 1.165) is 35.3 Å². The molecular weight excluding hydrogens is 324 g/mol. The number of anilines is 1. The van der Waals surface area contributed by atoms with Crippen LogP contribution in [0.4, 0.5) is 5.82 Å². The van der Waals surface area contributed by atoms with Gasteiger partial charge in [0.15, 0.2) is 23.7 Å². The van der Waals surface area contributed by atoms with Gasteiger partial charge in [0.25, 0.3) is 0 Å². The Kier molecular flexibility index (Phi) is 4.62. The maximum atomic E-state index is 4.58. The number of allylic oxidation sites excluding steroid dienone is 3. The van der Waals surface area contributed by atoms with Crippen LogP contribution in [0, 0.1) is 5.92 Å². The van der Waals surface area contributed by atoms with E-state index in [-0.39, 0.29) is 0 Å². The van der Waals surface area contributed by atoms with Gasteiger partial charge in [0.2, 0.25) is 0 Å². The first kappa shape index (κ1) is 17.0. The van der Waals surface area contributed by atoms with E-state index in [4.69, 9.17) is 0 Å². The predicted molar refractivity (Wildman–Crippen MR) is 104 cm³/mol. The highest BCUT2D eigenvalue weighted by molar-refractivity contribution is 5.84. The van der Waals surface area contributed by atoms with Crippen molar-refractivity contribution in [2.75, 3.05) is 31.6 Å². The molecule has 6 heteroatoms. The minimum atomic E-state index is 0.834. The number of nitrogens with zero attached hydrogens (tertiary/aromatic N) is 5. The number of hydrogen-bond acceptors (Lipinski definition) is 4. The van der Waals surface area contributed by atoms with Gasteiger partial charge in [-0.25, -0.2) is 15.0 Å². The molecule has 1 N–H and O–H groups in total. The molecule has 0 atom stereocenters. The third kappa shape index (κ3) is 3.18. The zero-order valence-corrected chi connectivity index (χ0v) is 15.6. The van der Waals surface area contributed by atoms with Crippen molar-refractivity contribution in [3.8, 4) is 0 Å². The number of hydrogen-bond donors (Lipinski definition) is 1. The van der Waals surface area contributed by atoms with E-state index in [1.807, 2.05) is 43.0 Å². The summed E-state index contributed by atoms with van der Waals surface area (Å²) >= 11 is 0. The number of imidazole rings is 1. The highest BCUT2D eigenvalue weighted by Crippen LogP contribution is 2.33. The average Bonchev–Trinajstić information content (AvgIpc) is 3.13. The smallest absolute Gasteiger partial charge is 0.169 e. The largest absolute Gasteiger partial charge is 0.322 e. The van der Waals surface area contributed by atoms with E-state index in [0.29, 0.717) is 0 Å². The second-order valence-electron chi connectivity index (χ2n) is 7.52. The number of quaternary nitrogens is 1. The van der Waals surface area contributed by atoms with Crippen LogP contribution >= 0.6 is 0 Å².